The van der Waals surface area contributed by atoms with Crippen molar-refractivity contribution in [1.82, 2.24) is 14.6 Å². The summed E-state index contributed by atoms with van der Waals surface area (Å²) in [6.07, 6.45) is 0. The van der Waals surface area contributed by atoms with E-state index in [-0.39, 0.29) is 12.0 Å². The molecular formula is C16H19N3O2S. The minimum absolute atomic E-state index is 0.0699. The van der Waals surface area contributed by atoms with Gasteiger partial charge in [-0.3, -0.25) is 0 Å². The normalized spacial score (nSPS) is 12.0. The van der Waals surface area contributed by atoms with Crippen molar-refractivity contribution in [1.29, 1.82) is 0 Å². The number of imidazole rings is 1. The zero-order chi connectivity index (χ0) is 15.9. The Hall–Kier alpha value is -1.92. The molecule has 1 N–H and O–H groups in total. The van der Waals surface area contributed by atoms with Crippen molar-refractivity contribution in [2.45, 2.75) is 32.8 Å². The van der Waals surface area contributed by atoms with Crippen LogP contribution in [-0.4, -0.2) is 26.8 Å². The number of hydrogen-bond acceptors (Lipinski definition) is 5. The van der Waals surface area contributed by atoms with Crippen LogP contribution in [0.25, 0.3) is 15.5 Å². The quantitative estimate of drug-likeness (QED) is 0.805. The third kappa shape index (κ3) is 2.48. The molecule has 0 aliphatic rings. The van der Waals surface area contributed by atoms with Crippen LogP contribution in [0, 0.1) is 0 Å². The number of aromatic nitrogens is 3. The Labute approximate surface area is 133 Å². The minimum Gasteiger partial charge on any atom is -0.497 e. The highest BCUT2D eigenvalue weighted by atomic mass is 32.1. The monoisotopic (exact) mass is 317 g/mol. The van der Waals surface area contributed by atoms with Crippen molar-refractivity contribution in [3.63, 3.8) is 0 Å². The van der Waals surface area contributed by atoms with E-state index < -0.39 is 0 Å². The maximum atomic E-state index is 9.70. The molecule has 0 bridgehead atoms. The molecule has 0 aliphatic heterocycles. The summed E-state index contributed by atoms with van der Waals surface area (Å²) in [6.45, 7) is 6.19. The fraction of sp³-hybridized carbons (Fsp3) is 0.375. The molecule has 6 heteroatoms. The molecule has 5 nitrogen and oxygen atoms in total. The van der Waals surface area contributed by atoms with E-state index in [9.17, 15) is 5.11 Å². The van der Waals surface area contributed by atoms with Crippen molar-refractivity contribution in [2.24, 2.45) is 0 Å². The van der Waals surface area contributed by atoms with E-state index in [0.717, 1.165) is 32.7 Å². The molecule has 0 radical (unpaired) electrons. The van der Waals surface area contributed by atoms with Gasteiger partial charge >= 0.3 is 0 Å². The molecule has 0 saturated heterocycles. The molecule has 1 aromatic carbocycles. The maximum absolute atomic E-state index is 9.70. The summed E-state index contributed by atoms with van der Waals surface area (Å²) in [7, 11) is 1.65. The van der Waals surface area contributed by atoms with Crippen molar-refractivity contribution in [2.75, 3.05) is 7.11 Å². The number of aliphatic hydroxyl groups is 1. The summed E-state index contributed by atoms with van der Waals surface area (Å²) in [6, 6.07) is 7.76. The van der Waals surface area contributed by atoms with Gasteiger partial charge in [0.2, 0.25) is 4.96 Å². The highest BCUT2D eigenvalue weighted by Gasteiger charge is 2.25. The first-order valence-corrected chi connectivity index (χ1v) is 7.90. The van der Waals surface area contributed by atoms with Crippen molar-refractivity contribution < 1.29 is 9.84 Å². The molecule has 0 fully saturated rings. The number of nitrogens with zero attached hydrogens (tertiary/aromatic N) is 3. The Bertz CT molecular complexity index is 797. The predicted octanol–water partition coefficient (Wildman–Crippen LogP) is 3.26. The van der Waals surface area contributed by atoms with Crippen LogP contribution in [0.4, 0.5) is 0 Å². The summed E-state index contributed by atoms with van der Waals surface area (Å²) < 4.78 is 6.93. The molecule has 3 aromatic rings. The van der Waals surface area contributed by atoms with Crippen LogP contribution in [0.1, 0.15) is 32.2 Å². The lowest BCUT2D eigenvalue weighted by atomic mass is 9.91. The third-order valence-corrected chi connectivity index (χ3v) is 4.45. The van der Waals surface area contributed by atoms with Gasteiger partial charge in [-0.05, 0) is 24.3 Å². The minimum atomic E-state index is -0.119. The Morgan fingerprint density at radius 2 is 1.91 bits per heavy atom. The Balaban J connectivity index is 2.08. The third-order valence-electron chi connectivity index (χ3n) is 3.49. The van der Waals surface area contributed by atoms with Crippen LogP contribution in [0.5, 0.6) is 5.75 Å². The van der Waals surface area contributed by atoms with Gasteiger partial charge in [-0.1, -0.05) is 32.1 Å². The number of fused-ring (bicyclic) bond motifs is 1. The van der Waals surface area contributed by atoms with E-state index in [1.165, 1.54) is 11.3 Å². The second-order valence-corrected chi connectivity index (χ2v) is 7.10. The van der Waals surface area contributed by atoms with Gasteiger partial charge in [0.05, 0.1) is 25.1 Å². The van der Waals surface area contributed by atoms with Gasteiger partial charge in [0.1, 0.15) is 10.8 Å². The standard InChI is InChI=1S/C16H19N3O2S/c1-16(2,3)13-12(9-20)19-15(17-13)22-14(18-19)10-5-7-11(21-4)8-6-10/h5-8,20H,9H2,1-4H3. The zero-order valence-corrected chi connectivity index (χ0v) is 13.9. The van der Waals surface area contributed by atoms with E-state index in [0.29, 0.717) is 0 Å². The number of rotatable bonds is 3. The van der Waals surface area contributed by atoms with Crippen LogP contribution in [0.3, 0.4) is 0 Å². The Morgan fingerprint density at radius 3 is 2.45 bits per heavy atom. The maximum Gasteiger partial charge on any atom is 0.213 e. The second-order valence-electron chi connectivity index (χ2n) is 6.15. The molecular weight excluding hydrogens is 298 g/mol. The van der Waals surface area contributed by atoms with Gasteiger partial charge in [0.15, 0.2) is 0 Å². The Kier molecular flexibility index (Phi) is 3.66. The molecule has 0 aliphatic carbocycles. The second kappa shape index (κ2) is 5.37. The van der Waals surface area contributed by atoms with Crippen LogP contribution < -0.4 is 4.74 Å². The number of hydrogen-bond donors (Lipinski definition) is 1. The number of aliphatic hydroxyl groups excluding tert-OH is 1. The fourth-order valence-electron chi connectivity index (χ4n) is 2.38. The molecule has 0 amide bonds. The number of ether oxygens (including phenoxy) is 1. The Morgan fingerprint density at radius 1 is 1.23 bits per heavy atom. The summed E-state index contributed by atoms with van der Waals surface area (Å²) in [4.78, 5) is 5.47. The molecule has 116 valence electrons. The molecule has 2 heterocycles. The largest absolute Gasteiger partial charge is 0.497 e. The molecule has 0 atom stereocenters. The lowest BCUT2D eigenvalue weighted by Gasteiger charge is -2.16. The lowest BCUT2D eigenvalue weighted by molar-refractivity contribution is 0.270. The molecule has 0 unspecified atom stereocenters. The first-order valence-electron chi connectivity index (χ1n) is 7.08. The fourth-order valence-corrected chi connectivity index (χ4v) is 3.31. The average molecular weight is 317 g/mol. The van der Waals surface area contributed by atoms with E-state index >= 15 is 0 Å². The topological polar surface area (TPSA) is 59.7 Å². The van der Waals surface area contributed by atoms with Crippen molar-refractivity contribution >= 4 is 16.3 Å². The highest BCUT2D eigenvalue weighted by Crippen LogP contribution is 2.32. The molecule has 22 heavy (non-hydrogen) atoms. The smallest absolute Gasteiger partial charge is 0.213 e. The van der Waals surface area contributed by atoms with E-state index in [1.54, 1.807) is 11.6 Å². The number of benzene rings is 1. The van der Waals surface area contributed by atoms with Gasteiger partial charge in [0, 0.05) is 11.0 Å². The molecule has 0 saturated carbocycles. The summed E-state index contributed by atoms with van der Waals surface area (Å²) >= 11 is 1.52. The van der Waals surface area contributed by atoms with Gasteiger partial charge in [-0.15, -0.1) is 0 Å². The lowest BCUT2D eigenvalue weighted by Crippen LogP contribution is -2.15. The molecule has 3 rings (SSSR count). The average Bonchev–Trinajstić information content (AvgIpc) is 3.04. The highest BCUT2D eigenvalue weighted by molar-refractivity contribution is 7.19. The summed E-state index contributed by atoms with van der Waals surface area (Å²) in [5.41, 5.74) is 2.55. The van der Waals surface area contributed by atoms with Crippen molar-refractivity contribution in [3.8, 4) is 16.3 Å². The van der Waals surface area contributed by atoms with Crippen LogP contribution in [0.15, 0.2) is 24.3 Å². The van der Waals surface area contributed by atoms with E-state index in [2.05, 4.69) is 30.9 Å². The first kappa shape index (κ1) is 15.0. The van der Waals surface area contributed by atoms with Crippen LogP contribution in [-0.2, 0) is 12.0 Å². The molecule has 0 spiro atoms. The van der Waals surface area contributed by atoms with Gasteiger partial charge in [0.25, 0.3) is 0 Å². The van der Waals surface area contributed by atoms with Crippen molar-refractivity contribution in [3.05, 3.63) is 35.7 Å². The van der Waals surface area contributed by atoms with Crippen LogP contribution in [0.2, 0.25) is 0 Å². The molecule has 2 aromatic heterocycles. The van der Waals surface area contributed by atoms with E-state index in [4.69, 9.17) is 4.74 Å². The first-order chi connectivity index (χ1) is 10.4. The van der Waals surface area contributed by atoms with Gasteiger partial charge in [-0.25, -0.2) is 9.50 Å². The predicted molar refractivity (Wildman–Crippen MR) is 87.5 cm³/mol. The van der Waals surface area contributed by atoms with Gasteiger partial charge in [-0.2, -0.15) is 5.10 Å². The summed E-state index contributed by atoms with van der Waals surface area (Å²) in [5, 5.41) is 15.2. The summed E-state index contributed by atoms with van der Waals surface area (Å²) in [5.74, 6) is 0.816. The number of methoxy groups -OCH3 is 1. The SMILES string of the molecule is COc1ccc(-c2nn3c(CO)c(C(C)(C)C)nc3s2)cc1. The zero-order valence-electron chi connectivity index (χ0n) is 13.1. The van der Waals surface area contributed by atoms with E-state index in [1.807, 2.05) is 24.3 Å². The van der Waals surface area contributed by atoms with Gasteiger partial charge < -0.3 is 9.84 Å². The van der Waals surface area contributed by atoms with Crippen LogP contribution >= 0.6 is 11.3 Å².